The van der Waals surface area contributed by atoms with Gasteiger partial charge in [-0.25, -0.2) is 0 Å². The minimum atomic E-state index is 0.472. The molecule has 76 valence electrons. The van der Waals surface area contributed by atoms with E-state index in [2.05, 4.69) is 45.6 Å². The summed E-state index contributed by atoms with van der Waals surface area (Å²) in [4.78, 5) is 0. The van der Waals surface area contributed by atoms with Gasteiger partial charge in [0.15, 0.2) is 0 Å². The van der Waals surface area contributed by atoms with Gasteiger partial charge in [0.05, 0.1) is 12.5 Å². The minimum absolute atomic E-state index is 0.472. The van der Waals surface area contributed by atoms with Crippen molar-refractivity contribution in [1.82, 2.24) is 4.57 Å². The molecule has 0 N–H and O–H groups in total. The van der Waals surface area contributed by atoms with Gasteiger partial charge in [-0.2, -0.15) is 5.26 Å². The summed E-state index contributed by atoms with van der Waals surface area (Å²) >= 11 is 3.46. The van der Waals surface area contributed by atoms with Crippen LogP contribution in [0.15, 0.2) is 22.7 Å². The molecule has 1 aromatic heterocycles. The van der Waals surface area contributed by atoms with E-state index in [1.54, 1.807) is 0 Å². The fraction of sp³-hybridized carbons (Fsp3) is 0.250. The predicted octanol–water partition coefficient (Wildman–Crippen LogP) is 3.32. The molecule has 0 unspecified atom stereocenters. The molecule has 3 heteroatoms. The molecule has 0 spiro atoms. The van der Waals surface area contributed by atoms with Gasteiger partial charge in [-0.1, -0.05) is 15.9 Å². The summed E-state index contributed by atoms with van der Waals surface area (Å²) in [5, 5.41) is 9.98. The van der Waals surface area contributed by atoms with Gasteiger partial charge < -0.3 is 4.57 Å². The summed E-state index contributed by atoms with van der Waals surface area (Å²) in [6.45, 7) is 2.06. The van der Waals surface area contributed by atoms with Crippen LogP contribution in [0.5, 0.6) is 0 Å². The minimum Gasteiger partial charge on any atom is -0.348 e. The van der Waals surface area contributed by atoms with Gasteiger partial charge in [0.2, 0.25) is 0 Å². The topological polar surface area (TPSA) is 28.7 Å². The molecule has 0 fully saturated rings. The lowest BCUT2D eigenvalue weighted by atomic mass is 10.1. The van der Waals surface area contributed by atoms with Crippen molar-refractivity contribution in [2.45, 2.75) is 13.3 Å². The molecule has 0 amide bonds. The Labute approximate surface area is 97.3 Å². The van der Waals surface area contributed by atoms with Crippen LogP contribution in [0.2, 0.25) is 0 Å². The molecule has 0 saturated carbocycles. The number of nitrogens with zero attached hydrogens (tertiary/aromatic N) is 2. The molecule has 2 aromatic rings. The Bertz CT molecular complexity index is 561. The van der Waals surface area contributed by atoms with Gasteiger partial charge in [0.1, 0.15) is 0 Å². The maximum Gasteiger partial charge on any atom is 0.0670 e. The summed E-state index contributed by atoms with van der Waals surface area (Å²) in [7, 11) is 2.03. The highest BCUT2D eigenvalue weighted by Crippen LogP contribution is 2.27. The van der Waals surface area contributed by atoms with E-state index in [0.717, 1.165) is 10.0 Å². The van der Waals surface area contributed by atoms with Crippen molar-refractivity contribution in [1.29, 1.82) is 5.26 Å². The number of nitriles is 1. The molecule has 0 saturated heterocycles. The van der Waals surface area contributed by atoms with Crippen LogP contribution < -0.4 is 0 Å². The average molecular weight is 263 g/mol. The van der Waals surface area contributed by atoms with Gasteiger partial charge >= 0.3 is 0 Å². The maximum absolute atomic E-state index is 8.81. The fourth-order valence-corrected chi connectivity index (χ4v) is 2.28. The molecule has 15 heavy (non-hydrogen) atoms. The Hall–Kier alpha value is -1.27. The summed E-state index contributed by atoms with van der Waals surface area (Å²) in [5.41, 5.74) is 3.49. The molecule has 0 bridgehead atoms. The van der Waals surface area contributed by atoms with Crippen LogP contribution >= 0.6 is 15.9 Å². The summed E-state index contributed by atoms with van der Waals surface area (Å²) in [6, 6.07) is 8.40. The zero-order valence-corrected chi connectivity index (χ0v) is 10.3. The maximum atomic E-state index is 8.81. The second-order valence-electron chi connectivity index (χ2n) is 3.62. The van der Waals surface area contributed by atoms with Crippen molar-refractivity contribution in [2.24, 2.45) is 7.05 Å². The summed E-state index contributed by atoms with van der Waals surface area (Å²) < 4.78 is 3.19. The fourth-order valence-electron chi connectivity index (χ4n) is 1.92. The molecule has 0 aliphatic heterocycles. The monoisotopic (exact) mass is 262 g/mol. The highest BCUT2D eigenvalue weighted by molar-refractivity contribution is 9.10. The molecule has 0 atom stereocenters. The van der Waals surface area contributed by atoms with Crippen LogP contribution in [-0.4, -0.2) is 4.57 Å². The molecule has 2 nitrogen and oxygen atoms in total. The lowest BCUT2D eigenvalue weighted by Crippen LogP contribution is -1.91. The molecule has 1 aromatic carbocycles. The number of halogens is 1. The second-order valence-corrected chi connectivity index (χ2v) is 4.54. The highest BCUT2D eigenvalue weighted by Gasteiger charge is 2.11. The first-order valence-corrected chi connectivity index (χ1v) is 5.55. The van der Waals surface area contributed by atoms with E-state index in [-0.39, 0.29) is 0 Å². The Morgan fingerprint density at radius 1 is 1.47 bits per heavy atom. The quantitative estimate of drug-likeness (QED) is 0.775. The third-order valence-corrected chi connectivity index (χ3v) is 3.33. The van der Waals surface area contributed by atoms with Crippen molar-refractivity contribution >= 4 is 26.8 Å². The molecule has 2 rings (SSSR count). The van der Waals surface area contributed by atoms with E-state index in [0.29, 0.717) is 6.42 Å². The average Bonchev–Trinajstić information content (AvgIpc) is 2.44. The first-order valence-electron chi connectivity index (χ1n) is 4.75. The molecule has 0 aliphatic carbocycles. The predicted molar refractivity (Wildman–Crippen MR) is 64.7 cm³/mol. The van der Waals surface area contributed by atoms with Crippen LogP contribution in [-0.2, 0) is 13.5 Å². The van der Waals surface area contributed by atoms with E-state index >= 15 is 0 Å². The lowest BCUT2D eigenvalue weighted by molar-refractivity contribution is 0.906. The smallest absolute Gasteiger partial charge is 0.0670 e. The van der Waals surface area contributed by atoms with Gasteiger partial charge in [-0.15, -0.1) is 0 Å². The van der Waals surface area contributed by atoms with Crippen molar-refractivity contribution in [2.75, 3.05) is 0 Å². The summed E-state index contributed by atoms with van der Waals surface area (Å²) in [5.74, 6) is 0. The molecule has 1 heterocycles. The second kappa shape index (κ2) is 3.71. The summed E-state index contributed by atoms with van der Waals surface area (Å²) in [6.07, 6.45) is 0.472. The number of aryl methyl sites for hydroxylation is 1. The Balaban J connectivity index is 2.83. The third-order valence-electron chi connectivity index (χ3n) is 2.84. The zero-order valence-electron chi connectivity index (χ0n) is 8.71. The number of fused-ring (bicyclic) bond motifs is 1. The van der Waals surface area contributed by atoms with Gasteiger partial charge in [-0.3, -0.25) is 0 Å². The number of benzene rings is 1. The molecule has 0 radical (unpaired) electrons. The van der Waals surface area contributed by atoms with Crippen LogP contribution in [0.1, 0.15) is 11.3 Å². The largest absolute Gasteiger partial charge is 0.348 e. The van der Waals surface area contributed by atoms with Crippen LogP contribution in [0.3, 0.4) is 0 Å². The first kappa shape index (κ1) is 10.3. The van der Waals surface area contributed by atoms with Gasteiger partial charge in [-0.05, 0) is 30.7 Å². The van der Waals surface area contributed by atoms with Gasteiger partial charge in [0, 0.05) is 28.1 Å². The molecular formula is C12H11BrN2. The molecule has 0 aliphatic rings. The van der Waals surface area contributed by atoms with Crippen molar-refractivity contribution in [3.05, 3.63) is 33.9 Å². The van der Waals surface area contributed by atoms with E-state index < -0.39 is 0 Å². The third kappa shape index (κ3) is 1.55. The van der Waals surface area contributed by atoms with Crippen LogP contribution in [0, 0.1) is 18.3 Å². The van der Waals surface area contributed by atoms with Crippen molar-refractivity contribution in [3.8, 4) is 6.07 Å². The Morgan fingerprint density at radius 2 is 2.20 bits per heavy atom. The highest BCUT2D eigenvalue weighted by atomic mass is 79.9. The van der Waals surface area contributed by atoms with E-state index in [4.69, 9.17) is 5.26 Å². The number of hydrogen-bond acceptors (Lipinski definition) is 1. The van der Waals surface area contributed by atoms with E-state index in [1.807, 2.05) is 13.1 Å². The van der Waals surface area contributed by atoms with Crippen molar-refractivity contribution < 1.29 is 0 Å². The van der Waals surface area contributed by atoms with Crippen molar-refractivity contribution in [3.63, 3.8) is 0 Å². The normalized spacial score (nSPS) is 10.5. The molecular weight excluding hydrogens is 252 g/mol. The number of hydrogen-bond donors (Lipinski definition) is 0. The van der Waals surface area contributed by atoms with E-state index in [1.165, 1.54) is 16.6 Å². The zero-order chi connectivity index (χ0) is 11.0. The van der Waals surface area contributed by atoms with Crippen LogP contribution in [0.25, 0.3) is 10.9 Å². The van der Waals surface area contributed by atoms with E-state index in [9.17, 15) is 0 Å². The standard InChI is InChI=1S/C12H11BrN2/c1-8-10(5-6-14)11-7-9(13)3-4-12(11)15(8)2/h3-4,7H,5H2,1-2H3. The van der Waals surface area contributed by atoms with Crippen LogP contribution in [0.4, 0.5) is 0 Å². The Morgan fingerprint density at radius 3 is 2.87 bits per heavy atom. The number of aromatic nitrogens is 1. The van der Waals surface area contributed by atoms with Gasteiger partial charge in [0.25, 0.3) is 0 Å². The number of rotatable bonds is 1. The first-order chi connectivity index (χ1) is 7.15. The SMILES string of the molecule is Cc1c(CC#N)c2cc(Br)ccc2n1C. The lowest BCUT2D eigenvalue weighted by Gasteiger charge is -1.97. The Kier molecular flexibility index (Phi) is 2.54.